The first-order chi connectivity index (χ1) is 9.28. The number of amidine groups is 1. The summed E-state index contributed by atoms with van der Waals surface area (Å²) in [7, 11) is 0. The van der Waals surface area contributed by atoms with Gasteiger partial charge >= 0.3 is 0 Å². The van der Waals surface area contributed by atoms with Crippen LogP contribution >= 0.6 is 0 Å². The first kappa shape index (κ1) is 14.1. The van der Waals surface area contributed by atoms with Gasteiger partial charge in [0.2, 0.25) is 0 Å². The standard InChI is InChI=1S/C16H25N3/c1-13-6-5-7-14(12-13)10-11-16(19-17)18-15-8-3-2-4-9-15/h5-7,12,15H,2-4,8-11,17H2,1H3,(H,18,19). The molecule has 0 atom stereocenters. The molecule has 0 heterocycles. The molecule has 0 saturated heterocycles. The number of aliphatic imine (C=N–C) groups is 1. The summed E-state index contributed by atoms with van der Waals surface area (Å²) in [5.74, 6) is 6.56. The molecule has 3 nitrogen and oxygen atoms in total. The van der Waals surface area contributed by atoms with Crippen molar-refractivity contribution in [1.29, 1.82) is 0 Å². The van der Waals surface area contributed by atoms with Gasteiger partial charge in [-0.1, -0.05) is 49.1 Å². The van der Waals surface area contributed by atoms with Gasteiger partial charge < -0.3 is 5.43 Å². The second kappa shape index (κ2) is 7.29. The van der Waals surface area contributed by atoms with Crippen LogP contribution in [0.3, 0.4) is 0 Å². The normalized spacial score (nSPS) is 17.5. The molecule has 0 bridgehead atoms. The molecule has 1 aliphatic carbocycles. The van der Waals surface area contributed by atoms with Crippen LogP contribution < -0.4 is 11.3 Å². The van der Waals surface area contributed by atoms with Gasteiger partial charge in [0.05, 0.1) is 6.04 Å². The Hall–Kier alpha value is -1.35. The summed E-state index contributed by atoms with van der Waals surface area (Å²) in [4.78, 5) is 4.77. The van der Waals surface area contributed by atoms with E-state index >= 15 is 0 Å². The van der Waals surface area contributed by atoms with Crippen LogP contribution in [-0.4, -0.2) is 11.9 Å². The topological polar surface area (TPSA) is 50.4 Å². The molecule has 0 aromatic heterocycles. The van der Waals surface area contributed by atoms with E-state index in [1.807, 2.05) is 0 Å². The average Bonchev–Trinajstić information content (AvgIpc) is 2.44. The molecule has 2 rings (SSSR count). The minimum Gasteiger partial charge on any atom is -0.312 e. The molecule has 0 aliphatic heterocycles. The molecule has 0 unspecified atom stereocenters. The van der Waals surface area contributed by atoms with E-state index in [2.05, 4.69) is 36.6 Å². The van der Waals surface area contributed by atoms with E-state index in [1.54, 1.807) is 0 Å². The highest BCUT2D eigenvalue weighted by molar-refractivity contribution is 5.82. The number of rotatable bonds is 4. The fraction of sp³-hybridized carbons (Fsp3) is 0.562. The van der Waals surface area contributed by atoms with Crippen molar-refractivity contribution in [3.05, 3.63) is 35.4 Å². The van der Waals surface area contributed by atoms with Gasteiger partial charge in [0.15, 0.2) is 0 Å². The molecule has 1 aromatic carbocycles. The van der Waals surface area contributed by atoms with E-state index in [0.29, 0.717) is 6.04 Å². The van der Waals surface area contributed by atoms with Crippen molar-refractivity contribution >= 4 is 5.84 Å². The number of nitrogens with one attached hydrogen (secondary N) is 1. The van der Waals surface area contributed by atoms with E-state index in [9.17, 15) is 0 Å². The van der Waals surface area contributed by atoms with Crippen molar-refractivity contribution < 1.29 is 0 Å². The molecule has 1 aromatic rings. The van der Waals surface area contributed by atoms with Crippen LogP contribution in [0.2, 0.25) is 0 Å². The third kappa shape index (κ3) is 4.67. The Morgan fingerprint density at radius 3 is 2.79 bits per heavy atom. The van der Waals surface area contributed by atoms with Gasteiger partial charge in [-0.2, -0.15) is 0 Å². The quantitative estimate of drug-likeness (QED) is 0.378. The van der Waals surface area contributed by atoms with E-state index in [0.717, 1.165) is 18.7 Å². The lowest BCUT2D eigenvalue weighted by molar-refractivity contribution is 0.441. The van der Waals surface area contributed by atoms with Crippen LogP contribution in [0.4, 0.5) is 0 Å². The van der Waals surface area contributed by atoms with Crippen LogP contribution in [0.1, 0.15) is 49.7 Å². The summed E-state index contributed by atoms with van der Waals surface area (Å²) >= 11 is 0. The molecule has 19 heavy (non-hydrogen) atoms. The van der Waals surface area contributed by atoms with Gasteiger partial charge in [0.1, 0.15) is 5.84 Å². The van der Waals surface area contributed by atoms with Gasteiger partial charge in [0, 0.05) is 6.42 Å². The van der Waals surface area contributed by atoms with Crippen molar-refractivity contribution in [1.82, 2.24) is 5.43 Å². The molecule has 3 heteroatoms. The SMILES string of the molecule is Cc1cccc(CCC(=NC2CCCCC2)NN)c1. The Morgan fingerprint density at radius 1 is 1.32 bits per heavy atom. The van der Waals surface area contributed by atoms with E-state index in [1.165, 1.54) is 43.2 Å². The first-order valence-corrected chi connectivity index (χ1v) is 7.37. The molecule has 1 aliphatic rings. The van der Waals surface area contributed by atoms with E-state index in [4.69, 9.17) is 10.8 Å². The molecular weight excluding hydrogens is 234 g/mol. The van der Waals surface area contributed by atoms with Gasteiger partial charge in [-0.05, 0) is 31.7 Å². The summed E-state index contributed by atoms with van der Waals surface area (Å²) in [6, 6.07) is 9.12. The number of hydrogen-bond acceptors (Lipinski definition) is 2. The minimum atomic E-state index is 0.484. The van der Waals surface area contributed by atoms with Crippen molar-refractivity contribution in [2.75, 3.05) is 0 Å². The Balaban J connectivity index is 1.89. The maximum atomic E-state index is 5.60. The predicted octanol–water partition coefficient (Wildman–Crippen LogP) is 3.12. The number of aryl methyl sites for hydroxylation is 2. The number of nitrogens with zero attached hydrogens (tertiary/aromatic N) is 1. The smallest absolute Gasteiger partial charge is 0.111 e. The fourth-order valence-electron chi connectivity index (χ4n) is 2.73. The van der Waals surface area contributed by atoms with Crippen molar-refractivity contribution in [3.8, 4) is 0 Å². The molecule has 0 spiro atoms. The molecule has 1 fully saturated rings. The van der Waals surface area contributed by atoms with Crippen molar-refractivity contribution in [3.63, 3.8) is 0 Å². The van der Waals surface area contributed by atoms with Gasteiger partial charge in [0.25, 0.3) is 0 Å². The molecule has 3 N–H and O–H groups in total. The van der Waals surface area contributed by atoms with Crippen LogP contribution in [0.25, 0.3) is 0 Å². The highest BCUT2D eigenvalue weighted by Crippen LogP contribution is 2.20. The molecular formula is C16H25N3. The second-order valence-corrected chi connectivity index (χ2v) is 5.50. The third-order valence-corrected chi connectivity index (χ3v) is 3.81. The number of nitrogens with two attached hydrogens (primary N) is 1. The maximum absolute atomic E-state index is 5.60. The zero-order valence-corrected chi connectivity index (χ0v) is 11.9. The van der Waals surface area contributed by atoms with Gasteiger partial charge in [-0.3, -0.25) is 4.99 Å². The van der Waals surface area contributed by atoms with Crippen LogP contribution in [0.5, 0.6) is 0 Å². The molecule has 0 amide bonds. The number of hydrazine groups is 1. The highest BCUT2D eigenvalue weighted by atomic mass is 15.3. The Morgan fingerprint density at radius 2 is 2.11 bits per heavy atom. The highest BCUT2D eigenvalue weighted by Gasteiger charge is 2.12. The molecule has 1 saturated carbocycles. The summed E-state index contributed by atoms with van der Waals surface area (Å²) in [6.07, 6.45) is 8.31. The summed E-state index contributed by atoms with van der Waals surface area (Å²) in [6.45, 7) is 2.13. The van der Waals surface area contributed by atoms with E-state index in [-0.39, 0.29) is 0 Å². The van der Waals surface area contributed by atoms with Crippen LogP contribution in [-0.2, 0) is 6.42 Å². The zero-order chi connectivity index (χ0) is 13.5. The Labute approximate surface area is 116 Å². The van der Waals surface area contributed by atoms with Crippen molar-refractivity contribution in [2.45, 2.75) is 57.9 Å². The summed E-state index contributed by atoms with van der Waals surface area (Å²) in [5, 5.41) is 0. The third-order valence-electron chi connectivity index (χ3n) is 3.81. The number of hydrogen-bond donors (Lipinski definition) is 2. The Bertz CT molecular complexity index is 420. The van der Waals surface area contributed by atoms with Crippen molar-refractivity contribution in [2.24, 2.45) is 10.8 Å². The van der Waals surface area contributed by atoms with Crippen LogP contribution in [0.15, 0.2) is 29.3 Å². The molecule has 0 radical (unpaired) electrons. The Kier molecular flexibility index (Phi) is 5.40. The van der Waals surface area contributed by atoms with Gasteiger partial charge in [-0.25, -0.2) is 5.84 Å². The number of benzene rings is 1. The monoisotopic (exact) mass is 259 g/mol. The largest absolute Gasteiger partial charge is 0.312 e. The lowest BCUT2D eigenvalue weighted by Crippen LogP contribution is -2.32. The lowest BCUT2D eigenvalue weighted by atomic mass is 9.96. The van der Waals surface area contributed by atoms with Gasteiger partial charge in [-0.15, -0.1) is 0 Å². The van der Waals surface area contributed by atoms with Crippen LogP contribution in [0, 0.1) is 6.92 Å². The predicted molar refractivity (Wildman–Crippen MR) is 81.1 cm³/mol. The molecule has 104 valence electrons. The fourth-order valence-corrected chi connectivity index (χ4v) is 2.73. The first-order valence-electron chi connectivity index (χ1n) is 7.37. The minimum absolute atomic E-state index is 0.484. The lowest BCUT2D eigenvalue weighted by Gasteiger charge is -2.19. The average molecular weight is 259 g/mol. The maximum Gasteiger partial charge on any atom is 0.111 e. The summed E-state index contributed by atoms with van der Waals surface area (Å²) in [5.41, 5.74) is 5.45. The van der Waals surface area contributed by atoms with E-state index < -0.39 is 0 Å². The second-order valence-electron chi connectivity index (χ2n) is 5.50. The summed E-state index contributed by atoms with van der Waals surface area (Å²) < 4.78 is 0. The zero-order valence-electron chi connectivity index (χ0n) is 11.9.